The fraction of sp³-hybridized carbons (Fsp3) is 0.333. The zero-order valence-electron chi connectivity index (χ0n) is 18.0. The van der Waals surface area contributed by atoms with Gasteiger partial charge in [0.2, 0.25) is 0 Å². The number of piperidine rings is 1. The van der Waals surface area contributed by atoms with E-state index in [1.54, 1.807) is 6.20 Å². The summed E-state index contributed by atoms with van der Waals surface area (Å²) in [7, 11) is 4.02. The van der Waals surface area contributed by atoms with E-state index in [0.717, 1.165) is 49.0 Å². The third-order valence-corrected chi connectivity index (χ3v) is 6.43. The number of nitrogens with zero attached hydrogens (tertiary/aromatic N) is 3. The lowest BCUT2D eigenvalue weighted by molar-refractivity contribution is 0.0913. The van der Waals surface area contributed by atoms with Gasteiger partial charge in [0.05, 0.1) is 6.20 Å². The molecule has 1 aliphatic heterocycles. The fourth-order valence-electron chi connectivity index (χ4n) is 3.76. The Morgan fingerprint density at radius 2 is 1.90 bits per heavy atom. The van der Waals surface area contributed by atoms with E-state index >= 15 is 0 Å². The van der Waals surface area contributed by atoms with Gasteiger partial charge in [0.1, 0.15) is 4.88 Å². The number of nitrogens with one attached hydrogen (secondary N) is 2. The predicted molar refractivity (Wildman–Crippen MR) is 128 cm³/mol. The topological polar surface area (TPSA) is 60.5 Å². The molecule has 2 aromatic carbocycles. The van der Waals surface area contributed by atoms with Crippen LogP contribution in [-0.2, 0) is 6.54 Å². The van der Waals surface area contributed by atoms with E-state index in [4.69, 9.17) is 0 Å². The summed E-state index contributed by atoms with van der Waals surface area (Å²) in [6.45, 7) is 2.97. The molecule has 0 saturated carbocycles. The average molecular weight is 436 g/mol. The summed E-state index contributed by atoms with van der Waals surface area (Å²) in [5.41, 5.74) is 3.40. The molecule has 2 N–H and O–H groups in total. The van der Waals surface area contributed by atoms with Gasteiger partial charge >= 0.3 is 0 Å². The molecule has 1 aromatic heterocycles. The highest BCUT2D eigenvalue weighted by Crippen LogP contribution is 2.25. The molecule has 0 spiro atoms. The maximum absolute atomic E-state index is 12.7. The third kappa shape index (κ3) is 5.83. The molecule has 0 atom stereocenters. The van der Waals surface area contributed by atoms with Gasteiger partial charge < -0.3 is 15.5 Å². The van der Waals surface area contributed by atoms with Crippen molar-refractivity contribution < 1.29 is 4.79 Å². The number of thiazole rings is 1. The van der Waals surface area contributed by atoms with Crippen LogP contribution < -0.4 is 15.5 Å². The van der Waals surface area contributed by atoms with Crippen LogP contribution in [0.5, 0.6) is 0 Å². The Bertz CT molecular complexity index is 996. The van der Waals surface area contributed by atoms with Crippen molar-refractivity contribution in [1.29, 1.82) is 0 Å². The van der Waals surface area contributed by atoms with Crippen LogP contribution in [0.1, 0.15) is 28.1 Å². The molecule has 0 unspecified atom stereocenters. The van der Waals surface area contributed by atoms with Gasteiger partial charge in [-0.25, -0.2) is 4.98 Å². The summed E-state index contributed by atoms with van der Waals surface area (Å²) < 4.78 is 0. The first-order valence-electron chi connectivity index (χ1n) is 10.6. The Balaban J connectivity index is 1.27. The minimum Gasteiger partial charge on any atom is -0.378 e. The number of anilines is 3. The molecule has 1 aliphatic rings. The smallest absolute Gasteiger partial charge is 0.263 e. The summed E-state index contributed by atoms with van der Waals surface area (Å²) in [6, 6.07) is 18.9. The van der Waals surface area contributed by atoms with Crippen molar-refractivity contribution in [2.24, 2.45) is 0 Å². The van der Waals surface area contributed by atoms with Crippen LogP contribution in [0, 0.1) is 0 Å². The van der Waals surface area contributed by atoms with Gasteiger partial charge in [0.25, 0.3) is 5.91 Å². The lowest BCUT2D eigenvalue weighted by Crippen LogP contribution is -2.44. The van der Waals surface area contributed by atoms with Crippen molar-refractivity contribution in [3.05, 3.63) is 71.2 Å². The first-order valence-corrected chi connectivity index (χ1v) is 11.5. The van der Waals surface area contributed by atoms with E-state index in [1.807, 2.05) is 32.3 Å². The average Bonchev–Trinajstić information content (AvgIpc) is 3.25. The monoisotopic (exact) mass is 435 g/mol. The molecule has 0 aliphatic carbocycles. The summed E-state index contributed by atoms with van der Waals surface area (Å²) in [5, 5.41) is 7.21. The number of likely N-dealkylation sites (tertiary alicyclic amines) is 1. The van der Waals surface area contributed by atoms with Crippen molar-refractivity contribution >= 4 is 33.8 Å². The molecule has 162 valence electrons. The van der Waals surface area contributed by atoms with E-state index in [0.29, 0.717) is 4.88 Å². The number of carbonyl (C=O) groups excluding carboxylic acids is 1. The molecule has 0 radical (unpaired) electrons. The zero-order valence-corrected chi connectivity index (χ0v) is 18.9. The van der Waals surface area contributed by atoms with Gasteiger partial charge in [-0.05, 0) is 36.6 Å². The minimum atomic E-state index is -0.0332. The Hall–Kier alpha value is -2.90. The minimum absolute atomic E-state index is 0.0332. The maximum atomic E-state index is 12.7. The molecule has 3 aromatic rings. The number of hydrogen-bond acceptors (Lipinski definition) is 6. The van der Waals surface area contributed by atoms with Crippen molar-refractivity contribution in [3.63, 3.8) is 0 Å². The highest BCUT2D eigenvalue weighted by atomic mass is 32.1. The maximum Gasteiger partial charge on any atom is 0.263 e. The molecular formula is C24H29N5OS. The van der Waals surface area contributed by atoms with Crippen LogP contribution in [0.2, 0.25) is 0 Å². The van der Waals surface area contributed by atoms with Gasteiger partial charge in [0, 0.05) is 51.1 Å². The number of rotatable bonds is 7. The van der Waals surface area contributed by atoms with Crippen molar-refractivity contribution in [1.82, 2.24) is 15.2 Å². The van der Waals surface area contributed by atoms with Crippen molar-refractivity contribution in [2.75, 3.05) is 37.4 Å². The van der Waals surface area contributed by atoms with Crippen molar-refractivity contribution in [3.8, 4) is 0 Å². The number of amides is 1. The van der Waals surface area contributed by atoms with Gasteiger partial charge in [-0.3, -0.25) is 9.69 Å². The van der Waals surface area contributed by atoms with Gasteiger partial charge in [-0.1, -0.05) is 47.7 Å². The van der Waals surface area contributed by atoms with Crippen LogP contribution >= 0.6 is 11.3 Å². The summed E-state index contributed by atoms with van der Waals surface area (Å²) in [6.07, 6.45) is 3.60. The quantitative estimate of drug-likeness (QED) is 0.578. The van der Waals surface area contributed by atoms with Crippen LogP contribution in [-0.4, -0.2) is 49.0 Å². The van der Waals surface area contributed by atoms with Crippen LogP contribution in [0.4, 0.5) is 16.5 Å². The number of carbonyl (C=O) groups is 1. The lowest BCUT2D eigenvalue weighted by Gasteiger charge is -2.32. The normalized spacial score (nSPS) is 14.9. The second-order valence-electron chi connectivity index (χ2n) is 8.11. The molecule has 31 heavy (non-hydrogen) atoms. The van der Waals surface area contributed by atoms with E-state index in [1.165, 1.54) is 16.9 Å². The van der Waals surface area contributed by atoms with E-state index < -0.39 is 0 Å². The van der Waals surface area contributed by atoms with E-state index in [2.05, 4.69) is 61.8 Å². The second-order valence-corrected chi connectivity index (χ2v) is 9.14. The molecule has 7 heteroatoms. The van der Waals surface area contributed by atoms with Crippen LogP contribution in [0.25, 0.3) is 0 Å². The largest absolute Gasteiger partial charge is 0.378 e. The summed E-state index contributed by atoms with van der Waals surface area (Å²) in [4.78, 5) is 22.2. The molecule has 1 amide bonds. The zero-order chi connectivity index (χ0) is 21.6. The van der Waals surface area contributed by atoms with Gasteiger partial charge in [-0.15, -0.1) is 0 Å². The Kier molecular flexibility index (Phi) is 6.84. The van der Waals surface area contributed by atoms with E-state index in [9.17, 15) is 4.79 Å². The third-order valence-electron chi connectivity index (χ3n) is 5.52. The van der Waals surface area contributed by atoms with Crippen molar-refractivity contribution in [2.45, 2.75) is 25.4 Å². The predicted octanol–water partition coefficient (Wildman–Crippen LogP) is 4.35. The molecule has 1 fully saturated rings. The summed E-state index contributed by atoms with van der Waals surface area (Å²) in [5.74, 6) is -0.0332. The Morgan fingerprint density at radius 1 is 1.13 bits per heavy atom. The van der Waals surface area contributed by atoms with Gasteiger partial charge in [0.15, 0.2) is 5.13 Å². The molecule has 1 saturated heterocycles. The lowest BCUT2D eigenvalue weighted by atomic mass is 10.0. The number of aromatic nitrogens is 1. The first kappa shape index (κ1) is 21.3. The molecule has 0 bridgehead atoms. The standard InChI is InChI=1S/C24H29N5OS/c1-28(2)21-10-6-9-20(15-21)27-24-25-16-22(31-24)23(30)26-19-11-13-29(14-12-19)17-18-7-4-3-5-8-18/h3-10,15-16,19H,11-14,17H2,1-2H3,(H,25,27)(H,26,30). The van der Waals surface area contributed by atoms with Gasteiger partial charge in [-0.2, -0.15) is 0 Å². The van der Waals surface area contributed by atoms with Crippen LogP contribution in [0.3, 0.4) is 0 Å². The highest BCUT2D eigenvalue weighted by molar-refractivity contribution is 7.17. The summed E-state index contributed by atoms with van der Waals surface area (Å²) >= 11 is 1.38. The Labute approximate surface area is 187 Å². The molecular weight excluding hydrogens is 406 g/mol. The van der Waals surface area contributed by atoms with Crippen LogP contribution in [0.15, 0.2) is 60.8 Å². The second kappa shape index (κ2) is 9.94. The molecule has 2 heterocycles. The van der Waals surface area contributed by atoms with E-state index in [-0.39, 0.29) is 11.9 Å². The fourth-order valence-corrected chi connectivity index (χ4v) is 4.50. The highest BCUT2D eigenvalue weighted by Gasteiger charge is 2.22. The SMILES string of the molecule is CN(C)c1cccc(Nc2ncc(C(=O)NC3CCN(Cc4ccccc4)CC3)s2)c1. The molecule has 4 rings (SSSR count). The molecule has 6 nitrogen and oxygen atoms in total. The Morgan fingerprint density at radius 3 is 2.65 bits per heavy atom. The first-order chi connectivity index (χ1) is 15.1. The number of hydrogen-bond donors (Lipinski definition) is 2. The number of benzene rings is 2.